The van der Waals surface area contributed by atoms with Crippen LogP contribution in [0.4, 0.5) is 4.39 Å². The van der Waals surface area contributed by atoms with E-state index >= 15 is 0 Å². The third kappa shape index (κ3) is 1.43. The van der Waals surface area contributed by atoms with Crippen molar-refractivity contribution in [1.82, 2.24) is 9.38 Å². The van der Waals surface area contributed by atoms with Crippen LogP contribution in [0.15, 0.2) is 42.0 Å². The zero-order valence-electron chi connectivity index (χ0n) is 7.72. The van der Waals surface area contributed by atoms with Gasteiger partial charge in [-0.05, 0) is 23.6 Å². The highest BCUT2D eigenvalue weighted by molar-refractivity contribution is 7.13. The molecule has 3 heterocycles. The number of halogens is 1. The molecule has 0 spiro atoms. The summed E-state index contributed by atoms with van der Waals surface area (Å²) >= 11 is 1.63. The number of pyridine rings is 1. The number of fused-ring (bicyclic) bond motifs is 1. The van der Waals surface area contributed by atoms with E-state index < -0.39 is 0 Å². The van der Waals surface area contributed by atoms with Crippen molar-refractivity contribution < 1.29 is 4.39 Å². The summed E-state index contributed by atoms with van der Waals surface area (Å²) in [7, 11) is 0. The van der Waals surface area contributed by atoms with Gasteiger partial charge in [-0.1, -0.05) is 6.07 Å². The predicted molar refractivity (Wildman–Crippen MR) is 58.5 cm³/mol. The van der Waals surface area contributed by atoms with Crippen LogP contribution in [-0.2, 0) is 0 Å². The summed E-state index contributed by atoms with van der Waals surface area (Å²) in [4.78, 5) is 5.50. The van der Waals surface area contributed by atoms with Gasteiger partial charge in [-0.25, -0.2) is 9.37 Å². The molecule has 0 amide bonds. The summed E-state index contributed by atoms with van der Waals surface area (Å²) in [6.07, 6.45) is 3.27. The molecule has 0 fully saturated rings. The fraction of sp³-hybridized carbons (Fsp3) is 0. The summed E-state index contributed by atoms with van der Waals surface area (Å²) in [5.74, 6) is -0.252. The van der Waals surface area contributed by atoms with Crippen molar-refractivity contribution in [3.63, 3.8) is 0 Å². The maximum atomic E-state index is 12.9. The second-order valence-corrected chi connectivity index (χ2v) is 4.16. The van der Waals surface area contributed by atoms with Gasteiger partial charge >= 0.3 is 0 Å². The topological polar surface area (TPSA) is 17.3 Å². The first-order valence-electron chi connectivity index (χ1n) is 4.51. The van der Waals surface area contributed by atoms with Crippen molar-refractivity contribution in [2.75, 3.05) is 0 Å². The van der Waals surface area contributed by atoms with E-state index in [1.54, 1.807) is 21.8 Å². The first kappa shape index (κ1) is 8.61. The normalized spacial score (nSPS) is 11.0. The quantitative estimate of drug-likeness (QED) is 0.613. The van der Waals surface area contributed by atoms with Crippen LogP contribution in [0.2, 0.25) is 0 Å². The minimum atomic E-state index is -0.252. The molecule has 3 aromatic rings. The van der Waals surface area contributed by atoms with Gasteiger partial charge < -0.3 is 4.40 Å². The van der Waals surface area contributed by atoms with Crippen LogP contribution in [0.5, 0.6) is 0 Å². The molecule has 0 aliphatic rings. The standard InChI is InChI=1S/C11H7FN2S/c12-8-3-4-11-13-9(7-14(11)6-8)10-2-1-5-15-10/h1-7H. The van der Waals surface area contributed by atoms with Crippen LogP contribution in [0, 0.1) is 5.82 Å². The highest BCUT2D eigenvalue weighted by Gasteiger charge is 2.04. The smallest absolute Gasteiger partial charge is 0.139 e. The lowest BCUT2D eigenvalue weighted by atomic mass is 10.4. The van der Waals surface area contributed by atoms with Crippen LogP contribution in [0.3, 0.4) is 0 Å². The molecule has 4 heteroatoms. The Kier molecular flexibility index (Phi) is 1.82. The minimum Gasteiger partial charge on any atom is -0.303 e. The van der Waals surface area contributed by atoms with Gasteiger partial charge in [0, 0.05) is 12.4 Å². The second kappa shape index (κ2) is 3.17. The van der Waals surface area contributed by atoms with Gasteiger partial charge in [-0.2, -0.15) is 0 Å². The highest BCUT2D eigenvalue weighted by Crippen LogP contribution is 2.23. The van der Waals surface area contributed by atoms with Gasteiger partial charge in [-0.15, -0.1) is 11.3 Å². The van der Waals surface area contributed by atoms with E-state index in [1.807, 2.05) is 23.7 Å². The maximum absolute atomic E-state index is 12.9. The van der Waals surface area contributed by atoms with E-state index in [1.165, 1.54) is 12.3 Å². The van der Waals surface area contributed by atoms with E-state index in [0.717, 1.165) is 16.2 Å². The second-order valence-electron chi connectivity index (χ2n) is 3.22. The van der Waals surface area contributed by atoms with Crippen molar-refractivity contribution in [1.29, 1.82) is 0 Å². The lowest BCUT2D eigenvalue weighted by molar-refractivity contribution is 0.619. The molecular weight excluding hydrogens is 211 g/mol. The molecule has 0 atom stereocenters. The maximum Gasteiger partial charge on any atom is 0.139 e. The fourth-order valence-corrected chi connectivity index (χ4v) is 2.19. The molecule has 2 nitrogen and oxygen atoms in total. The molecule has 0 aliphatic carbocycles. The van der Waals surface area contributed by atoms with E-state index in [2.05, 4.69) is 4.98 Å². The molecule has 3 aromatic heterocycles. The van der Waals surface area contributed by atoms with Crippen LogP contribution in [0.1, 0.15) is 0 Å². The van der Waals surface area contributed by atoms with E-state index in [0.29, 0.717) is 0 Å². The van der Waals surface area contributed by atoms with Crippen LogP contribution in [-0.4, -0.2) is 9.38 Å². The van der Waals surface area contributed by atoms with Crippen LogP contribution >= 0.6 is 11.3 Å². The van der Waals surface area contributed by atoms with Gasteiger partial charge in [0.25, 0.3) is 0 Å². The molecule has 0 N–H and O–H groups in total. The highest BCUT2D eigenvalue weighted by atomic mass is 32.1. The molecule has 0 aliphatic heterocycles. The number of hydrogen-bond donors (Lipinski definition) is 0. The Morgan fingerprint density at radius 2 is 2.13 bits per heavy atom. The molecule has 3 rings (SSSR count). The van der Waals surface area contributed by atoms with Gasteiger partial charge in [-0.3, -0.25) is 0 Å². The number of rotatable bonds is 1. The Labute approximate surface area is 89.6 Å². The molecule has 15 heavy (non-hydrogen) atoms. The third-order valence-electron chi connectivity index (χ3n) is 2.19. The van der Waals surface area contributed by atoms with Crippen molar-refractivity contribution in [2.24, 2.45) is 0 Å². The number of thiophene rings is 1. The van der Waals surface area contributed by atoms with Crippen molar-refractivity contribution in [2.45, 2.75) is 0 Å². The lowest BCUT2D eigenvalue weighted by Crippen LogP contribution is -1.83. The minimum absolute atomic E-state index is 0.252. The number of aromatic nitrogens is 2. The molecular formula is C11H7FN2S. The summed E-state index contributed by atoms with van der Waals surface area (Å²) in [6, 6.07) is 7.07. The summed E-state index contributed by atoms with van der Waals surface area (Å²) in [5.41, 5.74) is 1.65. The van der Waals surface area contributed by atoms with Crippen LogP contribution in [0.25, 0.3) is 16.2 Å². The molecule has 0 saturated carbocycles. The molecule has 0 bridgehead atoms. The monoisotopic (exact) mass is 218 g/mol. The van der Waals surface area contributed by atoms with Gasteiger partial charge in [0.1, 0.15) is 11.5 Å². The Balaban J connectivity index is 2.22. The zero-order valence-corrected chi connectivity index (χ0v) is 8.54. The Morgan fingerprint density at radius 3 is 2.93 bits per heavy atom. The van der Waals surface area contributed by atoms with Crippen molar-refractivity contribution >= 4 is 17.0 Å². The Bertz CT molecular complexity index is 598. The fourth-order valence-electron chi connectivity index (χ4n) is 1.51. The molecule has 0 radical (unpaired) electrons. The molecule has 0 aromatic carbocycles. The summed E-state index contributed by atoms with van der Waals surface area (Å²) in [6.45, 7) is 0. The van der Waals surface area contributed by atoms with E-state index in [4.69, 9.17) is 0 Å². The zero-order chi connectivity index (χ0) is 10.3. The Hall–Kier alpha value is -1.68. The summed E-state index contributed by atoms with van der Waals surface area (Å²) in [5, 5.41) is 2.00. The van der Waals surface area contributed by atoms with Crippen molar-refractivity contribution in [3.05, 3.63) is 47.9 Å². The number of hydrogen-bond acceptors (Lipinski definition) is 2. The van der Waals surface area contributed by atoms with E-state index in [-0.39, 0.29) is 5.82 Å². The number of imidazole rings is 1. The van der Waals surface area contributed by atoms with Crippen LogP contribution < -0.4 is 0 Å². The lowest BCUT2D eigenvalue weighted by Gasteiger charge is -1.90. The Morgan fingerprint density at radius 1 is 1.20 bits per heavy atom. The first-order valence-corrected chi connectivity index (χ1v) is 5.39. The van der Waals surface area contributed by atoms with Crippen molar-refractivity contribution in [3.8, 4) is 10.6 Å². The molecule has 0 saturated heterocycles. The first-order chi connectivity index (χ1) is 7.33. The predicted octanol–water partition coefficient (Wildman–Crippen LogP) is 3.20. The number of nitrogens with zero attached hydrogens (tertiary/aromatic N) is 2. The third-order valence-corrected chi connectivity index (χ3v) is 3.08. The molecule has 0 unspecified atom stereocenters. The van der Waals surface area contributed by atoms with E-state index in [9.17, 15) is 4.39 Å². The largest absolute Gasteiger partial charge is 0.303 e. The molecule has 74 valence electrons. The summed E-state index contributed by atoms with van der Waals surface area (Å²) < 4.78 is 14.6. The average molecular weight is 218 g/mol. The van der Waals surface area contributed by atoms with Gasteiger partial charge in [0.2, 0.25) is 0 Å². The van der Waals surface area contributed by atoms with Gasteiger partial charge in [0.05, 0.1) is 10.6 Å². The average Bonchev–Trinajstić information content (AvgIpc) is 2.84. The van der Waals surface area contributed by atoms with Gasteiger partial charge in [0.15, 0.2) is 0 Å². The SMILES string of the molecule is Fc1ccc2nc(-c3cccs3)cn2c1.